The predicted octanol–water partition coefficient (Wildman–Crippen LogP) is 7.35. The molecular formula is C32H37F3N2O5S. The fraction of sp³-hybridized carbons (Fsp3) is 0.375. The third-order valence-corrected chi connectivity index (χ3v) is 8.56. The SMILES string of the molecule is CCCC(O)(CCc1ccccc1)C/C(O)=C(\C(C)=O)C(CC)c1cccc(NS(=O)(=O)c2ccc(C(F)(F)F)cn2)c1. The van der Waals surface area contributed by atoms with Crippen LogP contribution in [0.2, 0.25) is 0 Å². The molecule has 0 amide bonds. The van der Waals surface area contributed by atoms with E-state index in [-0.39, 0.29) is 29.2 Å². The number of aliphatic hydroxyl groups is 2. The molecule has 0 saturated heterocycles. The van der Waals surface area contributed by atoms with Crippen LogP contribution in [-0.2, 0) is 27.4 Å². The van der Waals surface area contributed by atoms with Crippen LogP contribution in [0.25, 0.3) is 0 Å². The van der Waals surface area contributed by atoms with E-state index in [1.54, 1.807) is 12.1 Å². The summed E-state index contributed by atoms with van der Waals surface area (Å²) in [7, 11) is -4.33. The van der Waals surface area contributed by atoms with Crippen molar-refractivity contribution in [1.29, 1.82) is 0 Å². The van der Waals surface area contributed by atoms with Crippen molar-refractivity contribution in [3.8, 4) is 0 Å². The van der Waals surface area contributed by atoms with Gasteiger partial charge >= 0.3 is 6.18 Å². The van der Waals surface area contributed by atoms with E-state index in [1.165, 1.54) is 19.1 Å². The Morgan fingerprint density at radius 2 is 1.70 bits per heavy atom. The maximum absolute atomic E-state index is 12.9. The van der Waals surface area contributed by atoms with Crippen LogP contribution < -0.4 is 4.72 Å². The molecule has 0 aliphatic rings. The number of pyridine rings is 1. The first-order chi connectivity index (χ1) is 20.2. The van der Waals surface area contributed by atoms with Gasteiger partial charge in [0.15, 0.2) is 10.8 Å². The molecule has 2 atom stereocenters. The van der Waals surface area contributed by atoms with Gasteiger partial charge in [0.2, 0.25) is 0 Å². The molecule has 0 bridgehead atoms. The van der Waals surface area contributed by atoms with Gasteiger partial charge in [-0.05, 0) is 68.0 Å². The molecule has 7 nitrogen and oxygen atoms in total. The quantitative estimate of drug-likeness (QED) is 0.129. The molecule has 0 radical (unpaired) electrons. The van der Waals surface area contributed by atoms with Crippen molar-refractivity contribution in [1.82, 2.24) is 4.98 Å². The Bertz CT molecular complexity index is 1520. The van der Waals surface area contributed by atoms with Gasteiger partial charge in [-0.3, -0.25) is 9.52 Å². The number of benzene rings is 2. The normalized spacial score (nSPS) is 14.9. The number of hydrogen-bond acceptors (Lipinski definition) is 6. The van der Waals surface area contributed by atoms with Crippen LogP contribution in [0.5, 0.6) is 0 Å². The number of hydrogen-bond donors (Lipinski definition) is 3. The van der Waals surface area contributed by atoms with E-state index in [9.17, 15) is 36.6 Å². The van der Waals surface area contributed by atoms with Crippen molar-refractivity contribution in [3.05, 3.63) is 101 Å². The minimum Gasteiger partial charge on any atom is -0.512 e. The number of Topliss-reactive ketones (excluding diaryl/α,β-unsaturated/α-hetero) is 1. The number of nitrogens with zero attached hydrogens (tertiary/aromatic N) is 1. The molecule has 0 spiro atoms. The van der Waals surface area contributed by atoms with Gasteiger partial charge in [0.05, 0.1) is 11.2 Å². The zero-order valence-electron chi connectivity index (χ0n) is 24.4. The highest BCUT2D eigenvalue weighted by molar-refractivity contribution is 7.92. The molecule has 1 heterocycles. The standard InChI is InChI=1S/C32H37F3N2O5S/c1-4-17-31(40,18-16-23-10-7-6-8-11-23)20-28(39)30(22(3)38)27(5-2)24-12-9-13-26(19-24)37-43(41,42)29-15-14-25(21-36-29)32(33,34)35/h6-15,19,21,27,37,39-40H,4-5,16-18,20H2,1-3H3/b30-28-. The van der Waals surface area contributed by atoms with Crippen molar-refractivity contribution in [2.75, 3.05) is 4.72 Å². The van der Waals surface area contributed by atoms with E-state index in [4.69, 9.17) is 0 Å². The van der Waals surface area contributed by atoms with E-state index >= 15 is 0 Å². The van der Waals surface area contributed by atoms with Crippen LogP contribution in [0.3, 0.4) is 0 Å². The Hall–Kier alpha value is -3.70. The van der Waals surface area contributed by atoms with Gasteiger partial charge in [-0.15, -0.1) is 0 Å². The van der Waals surface area contributed by atoms with Gasteiger partial charge in [-0.25, -0.2) is 4.98 Å². The maximum Gasteiger partial charge on any atom is 0.417 e. The molecule has 3 N–H and O–H groups in total. The molecule has 232 valence electrons. The maximum atomic E-state index is 12.9. The first-order valence-electron chi connectivity index (χ1n) is 14.0. The Morgan fingerprint density at radius 3 is 2.26 bits per heavy atom. The summed E-state index contributed by atoms with van der Waals surface area (Å²) in [4.78, 5) is 16.3. The number of rotatable bonds is 14. The highest BCUT2D eigenvalue weighted by Crippen LogP contribution is 2.36. The number of aromatic nitrogens is 1. The van der Waals surface area contributed by atoms with E-state index in [0.29, 0.717) is 49.9 Å². The number of carbonyl (C=O) groups excluding carboxylic acids is 1. The third kappa shape index (κ3) is 9.14. The lowest BCUT2D eigenvalue weighted by Crippen LogP contribution is -2.31. The fourth-order valence-corrected chi connectivity index (χ4v) is 6.17. The Kier molecular flexibility index (Phi) is 11.1. The summed E-state index contributed by atoms with van der Waals surface area (Å²) in [6, 6.07) is 17.3. The minimum absolute atomic E-state index is 0.102. The molecule has 2 aromatic carbocycles. The smallest absolute Gasteiger partial charge is 0.417 e. The Morgan fingerprint density at radius 1 is 1.00 bits per heavy atom. The van der Waals surface area contributed by atoms with E-state index in [2.05, 4.69) is 9.71 Å². The Balaban J connectivity index is 1.89. The van der Waals surface area contributed by atoms with Crippen molar-refractivity contribution < 1.29 is 36.6 Å². The van der Waals surface area contributed by atoms with Gasteiger partial charge in [-0.2, -0.15) is 21.6 Å². The van der Waals surface area contributed by atoms with Crippen LogP contribution >= 0.6 is 0 Å². The van der Waals surface area contributed by atoms with Gasteiger partial charge in [0, 0.05) is 29.8 Å². The molecule has 11 heteroatoms. The number of allylic oxidation sites excluding steroid dienone is 1. The third-order valence-electron chi connectivity index (χ3n) is 7.26. The number of halogens is 3. The van der Waals surface area contributed by atoms with Crippen molar-refractivity contribution in [2.45, 2.75) is 82.0 Å². The van der Waals surface area contributed by atoms with Crippen LogP contribution in [0, 0.1) is 0 Å². The zero-order chi connectivity index (χ0) is 31.8. The number of sulfonamides is 1. The van der Waals surface area contributed by atoms with E-state index < -0.39 is 38.3 Å². The number of aryl methyl sites for hydroxylation is 1. The van der Waals surface area contributed by atoms with Crippen LogP contribution in [0.15, 0.2) is 89.3 Å². The lowest BCUT2D eigenvalue weighted by atomic mass is 9.81. The molecule has 0 fully saturated rings. The summed E-state index contributed by atoms with van der Waals surface area (Å²) in [5.41, 5.74) is -0.521. The number of ketones is 1. The largest absolute Gasteiger partial charge is 0.512 e. The average Bonchev–Trinajstić information content (AvgIpc) is 2.94. The molecular weight excluding hydrogens is 581 g/mol. The zero-order valence-corrected chi connectivity index (χ0v) is 25.2. The minimum atomic E-state index is -4.66. The lowest BCUT2D eigenvalue weighted by molar-refractivity contribution is -0.137. The second-order valence-corrected chi connectivity index (χ2v) is 12.3. The monoisotopic (exact) mass is 618 g/mol. The summed E-state index contributed by atoms with van der Waals surface area (Å²) >= 11 is 0. The summed E-state index contributed by atoms with van der Waals surface area (Å²) < 4.78 is 66.6. The predicted molar refractivity (Wildman–Crippen MR) is 159 cm³/mol. The molecule has 43 heavy (non-hydrogen) atoms. The molecule has 3 aromatic rings. The van der Waals surface area contributed by atoms with Crippen molar-refractivity contribution >= 4 is 21.5 Å². The molecule has 2 unspecified atom stereocenters. The molecule has 0 saturated carbocycles. The van der Waals surface area contributed by atoms with Gasteiger partial charge in [0.25, 0.3) is 10.0 Å². The summed E-state index contributed by atoms with van der Waals surface area (Å²) in [5.74, 6) is -1.22. The average molecular weight is 619 g/mol. The van der Waals surface area contributed by atoms with Crippen LogP contribution in [0.4, 0.5) is 18.9 Å². The fourth-order valence-electron chi connectivity index (χ4n) is 5.19. The van der Waals surface area contributed by atoms with Gasteiger partial charge in [0.1, 0.15) is 5.76 Å². The number of nitrogens with one attached hydrogen (secondary N) is 1. The summed E-state index contributed by atoms with van der Waals surface area (Å²) in [5, 5.41) is 22.2. The van der Waals surface area contributed by atoms with Crippen molar-refractivity contribution in [3.63, 3.8) is 0 Å². The van der Waals surface area contributed by atoms with Crippen LogP contribution in [-0.4, -0.2) is 35.0 Å². The number of anilines is 1. The van der Waals surface area contributed by atoms with E-state index in [1.807, 2.05) is 44.2 Å². The first kappa shape index (κ1) is 33.8. The highest BCUT2D eigenvalue weighted by Gasteiger charge is 2.33. The number of carbonyl (C=O) groups is 1. The van der Waals surface area contributed by atoms with Crippen LogP contribution in [0.1, 0.15) is 75.5 Å². The number of alkyl halides is 3. The lowest BCUT2D eigenvalue weighted by Gasteiger charge is -2.29. The second kappa shape index (κ2) is 14.2. The molecule has 0 aliphatic heterocycles. The van der Waals surface area contributed by atoms with Gasteiger partial charge in [-0.1, -0.05) is 62.7 Å². The number of aliphatic hydroxyl groups excluding tert-OH is 1. The molecule has 0 aliphatic carbocycles. The second-order valence-electron chi connectivity index (χ2n) is 10.6. The topological polar surface area (TPSA) is 117 Å². The van der Waals surface area contributed by atoms with Crippen molar-refractivity contribution in [2.24, 2.45) is 0 Å². The van der Waals surface area contributed by atoms with Gasteiger partial charge < -0.3 is 10.2 Å². The Labute approximate surface area is 250 Å². The molecule has 3 rings (SSSR count). The highest BCUT2D eigenvalue weighted by atomic mass is 32.2. The first-order valence-corrected chi connectivity index (χ1v) is 15.5. The summed E-state index contributed by atoms with van der Waals surface area (Å²) in [6.07, 6.45) is -1.89. The molecule has 1 aromatic heterocycles. The summed E-state index contributed by atoms with van der Waals surface area (Å²) in [6.45, 7) is 5.08. The van der Waals surface area contributed by atoms with E-state index in [0.717, 1.165) is 11.6 Å².